The maximum atomic E-state index is 11.8. The summed E-state index contributed by atoms with van der Waals surface area (Å²) >= 11 is 0. The van der Waals surface area contributed by atoms with E-state index in [1.807, 2.05) is 30.3 Å². The Balaban J connectivity index is 1.43. The summed E-state index contributed by atoms with van der Waals surface area (Å²) < 4.78 is 16.3. The molecule has 0 aliphatic rings. The highest BCUT2D eigenvalue weighted by Gasteiger charge is 2.06. The largest absolute Gasteiger partial charge is 0.482 e. The summed E-state index contributed by atoms with van der Waals surface area (Å²) in [4.78, 5) is 22.9. The molecule has 0 bridgehead atoms. The second-order valence-corrected chi connectivity index (χ2v) is 5.90. The highest BCUT2D eigenvalue weighted by molar-refractivity contribution is 5.92. The van der Waals surface area contributed by atoms with E-state index >= 15 is 0 Å². The van der Waals surface area contributed by atoms with Gasteiger partial charge >= 0.3 is 5.97 Å². The second kappa shape index (κ2) is 9.23. The summed E-state index contributed by atoms with van der Waals surface area (Å²) in [6.45, 7) is -0.122. The predicted molar refractivity (Wildman–Crippen MR) is 103 cm³/mol. The first-order valence-electron chi connectivity index (χ1n) is 8.60. The molecule has 0 atom stereocenters. The van der Waals surface area contributed by atoms with E-state index in [4.69, 9.17) is 19.9 Å². The number of benzene rings is 3. The highest BCUT2D eigenvalue weighted by atomic mass is 16.6. The summed E-state index contributed by atoms with van der Waals surface area (Å²) in [6, 6.07) is 22.9. The van der Waals surface area contributed by atoms with Crippen LogP contribution in [0.15, 0.2) is 78.9 Å². The zero-order valence-electron chi connectivity index (χ0n) is 15.0. The molecule has 3 aromatic rings. The summed E-state index contributed by atoms with van der Waals surface area (Å²) in [5, 5.41) is 0. The van der Waals surface area contributed by atoms with Crippen molar-refractivity contribution < 1.29 is 23.8 Å². The van der Waals surface area contributed by atoms with Gasteiger partial charge in [0.05, 0.1) is 0 Å². The van der Waals surface area contributed by atoms with Crippen molar-refractivity contribution >= 4 is 11.9 Å². The Morgan fingerprint density at radius 2 is 1.36 bits per heavy atom. The first kappa shape index (κ1) is 19.0. The van der Waals surface area contributed by atoms with E-state index < -0.39 is 11.9 Å². The summed E-state index contributed by atoms with van der Waals surface area (Å²) in [5.74, 6) is 0.938. The van der Waals surface area contributed by atoms with Gasteiger partial charge in [0, 0.05) is 5.56 Å². The molecule has 1 amide bonds. The summed E-state index contributed by atoms with van der Waals surface area (Å²) in [6.07, 6.45) is 0. The minimum Gasteiger partial charge on any atom is -0.482 e. The van der Waals surface area contributed by atoms with Crippen LogP contribution in [0.5, 0.6) is 17.2 Å². The van der Waals surface area contributed by atoms with Crippen molar-refractivity contribution in [3.05, 3.63) is 90.0 Å². The van der Waals surface area contributed by atoms with E-state index in [-0.39, 0.29) is 13.2 Å². The molecule has 0 aliphatic heterocycles. The fraction of sp³-hybridized carbons (Fsp3) is 0.0909. The number of para-hydroxylation sites is 1. The number of nitrogens with two attached hydrogens (primary N) is 1. The van der Waals surface area contributed by atoms with Gasteiger partial charge in [-0.3, -0.25) is 4.79 Å². The third-order valence-electron chi connectivity index (χ3n) is 3.80. The molecular weight excluding hydrogens is 358 g/mol. The number of rotatable bonds is 8. The molecule has 0 fully saturated rings. The molecular formula is C22H19NO5. The van der Waals surface area contributed by atoms with Crippen LogP contribution in [0, 0.1) is 0 Å². The second-order valence-electron chi connectivity index (χ2n) is 5.90. The van der Waals surface area contributed by atoms with E-state index in [0.717, 1.165) is 11.3 Å². The van der Waals surface area contributed by atoms with Crippen LogP contribution >= 0.6 is 0 Å². The Bertz CT molecular complexity index is 921. The van der Waals surface area contributed by atoms with Gasteiger partial charge < -0.3 is 19.9 Å². The summed E-state index contributed by atoms with van der Waals surface area (Å²) in [7, 11) is 0. The SMILES string of the molecule is NC(=O)c1ccc(COC(=O)COc2ccc(Oc3ccccc3)cc2)cc1. The van der Waals surface area contributed by atoms with Gasteiger partial charge in [0.1, 0.15) is 23.9 Å². The molecule has 0 unspecified atom stereocenters. The van der Waals surface area contributed by atoms with Gasteiger partial charge in [-0.25, -0.2) is 4.79 Å². The van der Waals surface area contributed by atoms with Crippen LogP contribution in [-0.2, 0) is 16.1 Å². The van der Waals surface area contributed by atoms with Gasteiger partial charge in [0.25, 0.3) is 0 Å². The molecule has 0 aromatic heterocycles. The molecule has 0 heterocycles. The van der Waals surface area contributed by atoms with Crippen LogP contribution in [0.1, 0.15) is 15.9 Å². The highest BCUT2D eigenvalue weighted by Crippen LogP contribution is 2.23. The average molecular weight is 377 g/mol. The van der Waals surface area contributed by atoms with Crippen molar-refractivity contribution in [3.8, 4) is 17.2 Å². The molecule has 6 nitrogen and oxygen atoms in total. The minimum atomic E-state index is -0.503. The zero-order valence-corrected chi connectivity index (χ0v) is 15.0. The van der Waals surface area contributed by atoms with E-state index in [2.05, 4.69) is 0 Å². The molecule has 2 N–H and O–H groups in total. The van der Waals surface area contributed by atoms with Gasteiger partial charge in [0.2, 0.25) is 5.91 Å². The Morgan fingerprint density at radius 1 is 0.750 bits per heavy atom. The normalized spacial score (nSPS) is 10.1. The standard InChI is InChI=1S/C22H19NO5/c23-22(25)17-8-6-16(7-9-17)14-27-21(24)15-26-18-10-12-20(13-11-18)28-19-4-2-1-3-5-19/h1-13H,14-15H2,(H2,23,25). The molecule has 0 saturated carbocycles. The number of carbonyl (C=O) groups excluding carboxylic acids is 2. The number of hydrogen-bond acceptors (Lipinski definition) is 5. The molecule has 142 valence electrons. The topological polar surface area (TPSA) is 87.9 Å². The first-order chi connectivity index (χ1) is 13.6. The minimum absolute atomic E-state index is 0.0884. The first-order valence-corrected chi connectivity index (χ1v) is 8.60. The molecule has 6 heteroatoms. The quantitative estimate of drug-likeness (QED) is 0.605. The number of primary amides is 1. The summed E-state index contributed by atoms with van der Waals surface area (Å²) in [5.41, 5.74) is 6.33. The van der Waals surface area contributed by atoms with Crippen LogP contribution in [0.4, 0.5) is 0 Å². The Kier molecular flexibility index (Phi) is 6.25. The average Bonchev–Trinajstić information content (AvgIpc) is 2.73. The monoisotopic (exact) mass is 377 g/mol. The van der Waals surface area contributed by atoms with E-state index in [0.29, 0.717) is 17.1 Å². The molecule has 28 heavy (non-hydrogen) atoms. The number of ether oxygens (including phenoxy) is 3. The Hall–Kier alpha value is -3.80. The zero-order chi connectivity index (χ0) is 19.8. The van der Waals surface area contributed by atoms with Gasteiger partial charge in [-0.05, 0) is 54.1 Å². The number of carbonyl (C=O) groups is 2. The van der Waals surface area contributed by atoms with Crippen LogP contribution < -0.4 is 15.2 Å². The third-order valence-corrected chi connectivity index (χ3v) is 3.80. The van der Waals surface area contributed by atoms with Crippen molar-refractivity contribution in [3.63, 3.8) is 0 Å². The van der Waals surface area contributed by atoms with Gasteiger partial charge in [-0.1, -0.05) is 30.3 Å². The maximum absolute atomic E-state index is 11.8. The van der Waals surface area contributed by atoms with Crippen LogP contribution in [-0.4, -0.2) is 18.5 Å². The predicted octanol–water partition coefficient (Wildman–Crippen LogP) is 3.70. The van der Waals surface area contributed by atoms with Crippen molar-refractivity contribution in [2.24, 2.45) is 5.73 Å². The molecule has 3 aromatic carbocycles. The van der Waals surface area contributed by atoms with Gasteiger partial charge in [-0.2, -0.15) is 0 Å². The van der Waals surface area contributed by atoms with Crippen LogP contribution in [0.2, 0.25) is 0 Å². The third kappa shape index (κ3) is 5.60. The lowest BCUT2D eigenvalue weighted by atomic mass is 10.1. The fourth-order valence-electron chi connectivity index (χ4n) is 2.34. The number of amides is 1. The lowest BCUT2D eigenvalue weighted by Crippen LogP contribution is -2.15. The molecule has 3 rings (SSSR count). The fourth-order valence-corrected chi connectivity index (χ4v) is 2.34. The Morgan fingerprint density at radius 3 is 2.00 bits per heavy atom. The van der Waals surface area contributed by atoms with Crippen molar-refractivity contribution in [1.82, 2.24) is 0 Å². The van der Waals surface area contributed by atoms with E-state index in [1.165, 1.54) is 0 Å². The lowest BCUT2D eigenvalue weighted by molar-refractivity contribution is -0.147. The lowest BCUT2D eigenvalue weighted by Gasteiger charge is -2.09. The van der Waals surface area contributed by atoms with E-state index in [9.17, 15) is 9.59 Å². The van der Waals surface area contributed by atoms with Crippen molar-refractivity contribution in [2.45, 2.75) is 6.61 Å². The van der Waals surface area contributed by atoms with Crippen LogP contribution in [0.3, 0.4) is 0 Å². The van der Waals surface area contributed by atoms with E-state index in [1.54, 1.807) is 48.5 Å². The van der Waals surface area contributed by atoms with Crippen molar-refractivity contribution in [1.29, 1.82) is 0 Å². The van der Waals surface area contributed by atoms with Gasteiger partial charge in [-0.15, -0.1) is 0 Å². The van der Waals surface area contributed by atoms with Crippen LogP contribution in [0.25, 0.3) is 0 Å². The molecule has 0 spiro atoms. The maximum Gasteiger partial charge on any atom is 0.344 e. The Labute approximate surface area is 162 Å². The molecule has 0 aliphatic carbocycles. The molecule has 0 radical (unpaired) electrons. The van der Waals surface area contributed by atoms with Gasteiger partial charge in [0.15, 0.2) is 6.61 Å². The molecule has 0 saturated heterocycles. The smallest absolute Gasteiger partial charge is 0.344 e. The number of hydrogen-bond donors (Lipinski definition) is 1. The van der Waals surface area contributed by atoms with Crippen molar-refractivity contribution in [2.75, 3.05) is 6.61 Å². The number of esters is 1.